The first-order chi connectivity index (χ1) is 8.95. The molecule has 1 fully saturated rings. The van der Waals surface area contributed by atoms with E-state index in [-0.39, 0.29) is 23.8 Å². The summed E-state index contributed by atoms with van der Waals surface area (Å²) in [6.07, 6.45) is 3.72. The van der Waals surface area contributed by atoms with Gasteiger partial charge in [-0.15, -0.1) is 6.58 Å². The van der Waals surface area contributed by atoms with E-state index in [2.05, 4.69) is 11.9 Å². The van der Waals surface area contributed by atoms with Crippen molar-refractivity contribution in [1.29, 1.82) is 0 Å². The first-order valence-electron chi connectivity index (χ1n) is 6.91. The summed E-state index contributed by atoms with van der Waals surface area (Å²) in [6.45, 7) is 8.80. The van der Waals surface area contributed by atoms with E-state index in [4.69, 9.17) is 5.73 Å². The summed E-state index contributed by atoms with van der Waals surface area (Å²) in [5, 5.41) is 2.94. The molecule has 0 spiro atoms. The van der Waals surface area contributed by atoms with Crippen LogP contribution in [0, 0.1) is 5.92 Å². The normalized spacial score (nSPS) is 18.2. The average molecular weight is 267 g/mol. The Kier molecular flexibility index (Phi) is 6.02. The zero-order chi connectivity index (χ0) is 14.4. The Labute approximate surface area is 115 Å². The van der Waals surface area contributed by atoms with Crippen molar-refractivity contribution in [2.45, 2.75) is 45.2 Å². The second kappa shape index (κ2) is 7.28. The van der Waals surface area contributed by atoms with Crippen molar-refractivity contribution in [2.24, 2.45) is 11.7 Å². The third kappa shape index (κ3) is 4.67. The van der Waals surface area contributed by atoms with Crippen molar-refractivity contribution in [1.82, 2.24) is 10.2 Å². The zero-order valence-electron chi connectivity index (χ0n) is 11.9. The number of amides is 2. The summed E-state index contributed by atoms with van der Waals surface area (Å²) in [5.74, 6) is 0.0915. The number of piperidine rings is 1. The van der Waals surface area contributed by atoms with E-state index in [1.165, 1.54) is 0 Å². The quantitative estimate of drug-likeness (QED) is 0.718. The van der Waals surface area contributed by atoms with Crippen LogP contribution >= 0.6 is 0 Å². The topological polar surface area (TPSA) is 75.4 Å². The van der Waals surface area contributed by atoms with Gasteiger partial charge in [-0.3, -0.25) is 9.59 Å². The molecule has 0 aromatic rings. The third-order valence-corrected chi connectivity index (χ3v) is 3.40. The lowest BCUT2D eigenvalue weighted by Crippen LogP contribution is -2.50. The van der Waals surface area contributed by atoms with Gasteiger partial charge >= 0.3 is 0 Å². The smallest absolute Gasteiger partial charge is 0.237 e. The molecule has 1 atom stereocenters. The highest BCUT2D eigenvalue weighted by Crippen LogP contribution is 2.13. The third-order valence-electron chi connectivity index (χ3n) is 3.40. The van der Waals surface area contributed by atoms with Crippen molar-refractivity contribution in [3.63, 3.8) is 0 Å². The predicted molar refractivity (Wildman–Crippen MR) is 75.4 cm³/mol. The molecule has 2 amide bonds. The molecule has 0 radical (unpaired) electrons. The summed E-state index contributed by atoms with van der Waals surface area (Å²) in [5.41, 5.74) is 5.71. The van der Waals surface area contributed by atoms with Crippen LogP contribution in [0.1, 0.15) is 33.1 Å². The van der Waals surface area contributed by atoms with E-state index in [1.807, 2.05) is 18.7 Å². The van der Waals surface area contributed by atoms with E-state index < -0.39 is 6.04 Å². The summed E-state index contributed by atoms with van der Waals surface area (Å²) < 4.78 is 0. The highest BCUT2D eigenvalue weighted by molar-refractivity contribution is 5.82. The molecule has 1 saturated heterocycles. The van der Waals surface area contributed by atoms with Crippen LogP contribution < -0.4 is 11.1 Å². The Balaban J connectivity index is 2.36. The molecule has 0 aliphatic carbocycles. The van der Waals surface area contributed by atoms with Crippen LogP contribution in [0.2, 0.25) is 0 Å². The van der Waals surface area contributed by atoms with E-state index >= 15 is 0 Å². The maximum atomic E-state index is 11.8. The van der Waals surface area contributed by atoms with Crippen molar-refractivity contribution < 1.29 is 9.59 Å². The Morgan fingerprint density at radius 1 is 1.42 bits per heavy atom. The molecule has 108 valence electrons. The van der Waals surface area contributed by atoms with Gasteiger partial charge in [0, 0.05) is 25.0 Å². The van der Waals surface area contributed by atoms with Crippen molar-refractivity contribution in [3.8, 4) is 0 Å². The van der Waals surface area contributed by atoms with Gasteiger partial charge in [-0.2, -0.15) is 0 Å². The van der Waals surface area contributed by atoms with Gasteiger partial charge < -0.3 is 16.0 Å². The fourth-order valence-electron chi connectivity index (χ4n) is 2.20. The number of carbonyl (C=O) groups is 2. The zero-order valence-corrected chi connectivity index (χ0v) is 11.9. The van der Waals surface area contributed by atoms with Gasteiger partial charge in [-0.05, 0) is 19.3 Å². The molecule has 0 saturated carbocycles. The SMILES string of the molecule is C=CCC(N)C(=O)NC1CCN(C(=O)C(C)C)CC1. The maximum absolute atomic E-state index is 11.8. The van der Waals surface area contributed by atoms with Gasteiger partial charge in [-0.1, -0.05) is 19.9 Å². The van der Waals surface area contributed by atoms with Gasteiger partial charge in [0.25, 0.3) is 0 Å². The first-order valence-corrected chi connectivity index (χ1v) is 6.91. The van der Waals surface area contributed by atoms with Crippen LogP contribution in [0.4, 0.5) is 0 Å². The molecule has 3 N–H and O–H groups in total. The lowest BCUT2D eigenvalue weighted by atomic mass is 10.0. The number of nitrogens with zero attached hydrogens (tertiary/aromatic N) is 1. The molecule has 0 aromatic carbocycles. The molecule has 0 bridgehead atoms. The first kappa shape index (κ1) is 15.7. The Hall–Kier alpha value is -1.36. The molecule has 1 unspecified atom stereocenters. The van der Waals surface area contributed by atoms with Crippen LogP contribution in [0.25, 0.3) is 0 Å². The van der Waals surface area contributed by atoms with Gasteiger partial charge in [0.2, 0.25) is 11.8 Å². The molecule has 1 heterocycles. The monoisotopic (exact) mass is 267 g/mol. The minimum Gasteiger partial charge on any atom is -0.352 e. The molecule has 19 heavy (non-hydrogen) atoms. The van der Waals surface area contributed by atoms with Crippen LogP contribution in [0.5, 0.6) is 0 Å². The minimum atomic E-state index is -0.521. The summed E-state index contributed by atoms with van der Waals surface area (Å²) in [6, 6.07) is -0.396. The van der Waals surface area contributed by atoms with Crippen LogP contribution in [-0.2, 0) is 9.59 Å². The van der Waals surface area contributed by atoms with E-state index in [1.54, 1.807) is 6.08 Å². The fraction of sp³-hybridized carbons (Fsp3) is 0.714. The lowest BCUT2D eigenvalue weighted by molar-refractivity contribution is -0.135. The summed E-state index contributed by atoms with van der Waals surface area (Å²) in [4.78, 5) is 25.5. The van der Waals surface area contributed by atoms with Gasteiger partial charge in [0.05, 0.1) is 6.04 Å². The minimum absolute atomic E-state index is 0.0344. The molecule has 5 nitrogen and oxygen atoms in total. The van der Waals surface area contributed by atoms with Crippen molar-refractivity contribution in [3.05, 3.63) is 12.7 Å². The second-order valence-corrected chi connectivity index (χ2v) is 5.39. The van der Waals surface area contributed by atoms with Gasteiger partial charge in [-0.25, -0.2) is 0 Å². The highest BCUT2D eigenvalue weighted by Gasteiger charge is 2.25. The lowest BCUT2D eigenvalue weighted by Gasteiger charge is -2.33. The molecule has 1 aliphatic rings. The van der Waals surface area contributed by atoms with Crippen molar-refractivity contribution in [2.75, 3.05) is 13.1 Å². The number of hydrogen-bond donors (Lipinski definition) is 2. The maximum Gasteiger partial charge on any atom is 0.237 e. The molecule has 1 aliphatic heterocycles. The second-order valence-electron chi connectivity index (χ2n) is 5.39. The molecule has 0 aromatic heterocycles. The Morgan fingerprint density at radius 2 is 2.00 bits per heavy atom. The van der Waals surface area contributed by atoms with E-state index in [0.29, 0.717) is 19.5 Å². The summed E-state index contributed by atoms with van der Waals surface area (Å²) in [7, 11) is 0. The number of carbonyl (C=O) groups excluding carboxylic acids is 2. The standard InChI is InChI=1S/C14H25N3O2/c1-4-5-12(15)13(18)16-11-6-8-17(9-7-11)14(19)10(2)3/h4,10-12H,1,5-9,15H2,2-3H3,(H,16,18). The summed E-state index contributed by atoms with van der Waals surface area (Å²) >= 11 is 0. The Bertz CT molecular complexity index is 334. The van der Waals surface area contributed by atoms with Crippen molar-refractivity contribution >= 4 is 11.8 Å². The number of rotatable bonds is 5. The van der Waals surface area contributed by atoms with Crippen LogP contribution in [0.3, 0.4) is 0 Å². The predicted octanol–water partition coefficient (Wildman–Crippen LogP) is 0.653. The highest BCUT2D eigenvalue weighted by atomic mass is 16.2. The average Bonchev–Trinajstić information content (AvgIpc) is 2.38. The van der Waals surface area contributed by atoms with E-state index in [0.717, 1.165) is 12.8 Å². The molecular weight excluding hydrogens is 242 g/mol. The number of hydrogen-bond acceptors (Lipinski definition) is 3. The number of nitrogens with one attached hydrogen (secondary N) is 1. The molecule has 5 heteroatoms. The molecular formula is C14H25N3O2. The number of nitrogens with two attached hydrogens (primary N) is 1. The Morgan fingerprint density at radius 3 is 2.47 bits per heavy atom. The van der Waals surface area contributed by atoms with Gasteiger partial charge in [0.1, 0.15) is 0 Å². The van der Waals surface area contributed by atoms with Crippen LogP contribution in [-0.4, -0.2) is 41.9 Å². The largest absolute Gasteiger partial charge is 0.352 e. The van der Waals surface area contributed by atoms with Gasteiger partial charge in [0.15, 0.2) is 0 Å². The fourth-order valence-corrected chi connectivity index (χ4v) is 2.20. The van der Waals surface area contributed by atoms with E-state index in [9.17, 15) is 9.59 Å². The molecule has 1 rings (SSSR count). The number of likely N-dealkylation sites (tertiary alicyclic amines) is 1. The van der Waals surface area contributed by atoms with Crippen LogP contribution in [0.15, 0.2) is 12.7 Å².